The van der Waals surface area contributed by atoms with Crippen LogP contribution in [-0.4, -0.2) is 10.1 Å². The van der Waals surface area contributed by atoms with Crippen molar-refractivity contribution >= 4 is 0 Å². The van der Waals surface area contributed by atoms with Crippen LogP contribution in [0.5, 0.6) is 11.5 Å². The van der Waals surface area contributed by atoms with E-state index >= 15 is 0 Å². The lowest BCUT2D eigenvalue weighted by Gasteiger charge is -2.08. The van der Waals surface area contributed by atoms with Crippen LogP contribution >= 0.6 is 0 Å². The smallest absolute Gasteiger partial charge is 0.451 e. The Bertz CT molecular complexity index is 923. The van der Waals surface area contributed by atoms with Crippen LogP contribution in [-0.2, 0) is 6.18 Å². The fourth-order valence-corrected chi connectivity index (χ4v) is 1.82. The summed E-state index contributed by atoms with van der Waals surface area (Å²) >= 11 is 0. The van der Waals surface area contributed by atoms with Crippen molar-refractivity contribution in [3.05, 3.63) is 59.7 Å². The molecule has 0 unspecified atom stereocenters. The van der Waals surface area contributed by atoms with Crippen molar-refractivity contribution in [3.63, 3.8) is 0 Å². The maximum Gasteiger partial charge on any atom is 0.471 e. The Balaban J connectivity index is 1.96. The molecule has 3 aromatic rings. The maximum absolute atomic E-state index is 14.4. The van der Waals surface area contributed by atoms with Gasteiger partial charge in [-0.1, -0.05) is 5.16 Å². The lowest BCUT2D eigenvalue weighted by Crippen LogP contribution is -2.05. The SMILES string of the molecule is Fc1ccc(Oc2[c]ccc(-c3noc(C(F)(F)F)n3)c2F)c(F)c1. The minimum atomic E-state index is -4.89. The van der Waals surface area contributed by atoms with Gasteiger partial charge in [-0.2, -0.15) is 18.2 Å². The first-order valence-electron chi connectivity index (χ1n) is 6.50. The molecule has 0 amide bonds. The second kappa shape index (κ2) is 6.11. The molecule has 0 aliphatic carbocycles. The van der Waals surface area contributed by atoms with Crippen LogP contribution in [0, 0.1) is 23.5 Å². The zero-order valence-electron chi connectivity index (χ0n) is 11.9. The molecule has 0 aliphatic heterocycles. The second-order valence-electron chi connectivity index (χ2n) is 4.63. The van der Waals surface area contributed by atoms with E-state index in [-0.39, 0.29) is 0 Å². The van der Waals surface area contributed by atoms with Crippen molar-refractivity contribution in [3.8, 4) is 22.9 Å². The third kappa shape index (κ3) is 3.42. The van der Waals surface area contributed by atoms with Crippen LogP contribution in [0.3, 0.4) is 0 Å². The van der Waals surface area contributed by atoms with Crippen molar-refractivity contribution < 1.29 is 35.6 Å². The number of hydrogen-bond donors (Lipinski definition) is 0. The Kier molecular flexibility index (Phi) is 4.11. The topological polar surface area (TPSA) is 48.2 Å². The van der Waals surface area contributed by atoms with Gasteiger partial charge in [0, 0.05) is 12.1 Å². The van der Waals surface area contributed by atoms with Crippen molar-refractivity contribution in [1.29, 1.82) is 0 Å². The Hall–Kier alpha value is -3.04. The number of alkyl halides is 3. The van der Waals surface area contributed by atoms with Crippen LogP contribution in [0.15, 0.2) is 34.9 Å². The van der Waals surface area contributed by atoms with Crippen molar-refractivity contribution in [2.75, 3.05) is 0 Å². The Labute approximate surface area is 135 Å². The molecule has 2 aromatic carbocycles. The number of nitrogens with zero attached hydrogens (tertiary/aromatic N) is 2. The van der Waals surface area contributed by atoms with Gasteiger partial charge in [0.15, 0.2) is 23.1 Å². The highest BCUT2D eigenvalue weighted by Crippen LogP contribution is 2.33. The zero-order chi connectivity index (χ0) is 18.2. The van der Waals surface area contributed by atoms with Gasteiger partial charge in [-0.3, -0.25) is 0 Å². The van der Waals surface area contributed by atoms with E-state index in [9.17, 15) is 26.3 Å². The fourth-order valence-electron chi connectivity index (χ4n) is 1.82. The molecule has 0 spiro atoms. The van der Waals surface area contributed by atoms with E-state index in [1.165, 1.54) is 0 Å². The lowest BCUT2D eigenvalue weighted by molar-refractivity contribution is -0.159. The molecule has 0 saturated carbocycles. The Morgan fingerprint density at radius 1 is 1.08 bits per heavy atom. The average Bonchev–Trinajstić information content (AvgIpc) is 3.02. The fraction of sp³-hybridized carbons (Fsp3) is 0.0667. The van der Waals surface area contributed by atoms with Crippen LogP contribution in [0.2, 0.25) is 0 Å². The third-order valence-corrected chi connectivity index (χ3v) is 2.92. The highest BCUT2D eigenvalue weighted by molar-refractivity contribution is 5.58. The van der Waals surface area contributed by atoms with Crippen LogP contribution in [0.1, 0.15) is 5.89 Å². The van der Waals surface area contributed by atoms with E-state index in [2.05, 4.69) is 20.7 Å². The summed E-state index contributed by atoms with van der Waals surface area (Å²) in [6.45, 7) is 0. The van der Waals surface area contributed by atoms with E-state index < -0.39 is 52.4 Å². The number of benzene rings is 2. The summed E-state index contributed by atoms with van der Waals surface area (Å²) in [6.07, 6.45) is -4.89. The predicted octanol–water partition coefficient (Wildman–Crippen LogP) is 4.77. The largest absolute Gasteiger partial charge is 0.471 e. The van der Waals surface area contributed by atoms with Crippen LogP contribution in [0.4, 0.5) is 26.3 Å². The van der Waals surface area contributed by atoms with Gasteiger partial charge in [0.2, 0.25) is 5.82 Å². The summed E-state index contributed by atoms with van der Waals surface area (Å²) in [7, 11) is 0. The second-order valence-corrected chi connectivity index (χ2v) is 4.63. The maximum atomic E-state index is 14.4. The molecule has 1 heterocycles. The first kappa shape index (κ1) is 16.8. The van der Waals surface area contributed by atoms with E-state index in [0.717, 1.165) is 24.3 Å². The van der Waals surface area contributed by atoms with Crippen molar-refractivity contribution in [2.45, 2.75) is 6.18 Å². The normalized spacial score (nSPS) is 11.6. The third-order valence-electron chi connectivity index (χ3n) is 2.92. The average molecular weight is 359 g/mol. The van der Waals surface area contributed by atoms with E-state index in [1.807, 2.05) is 0 Å². The van der Waals surface area contributed by atoms with Gasteiger partial charge in [-0.15, -0.1) is 0 Å². The quantitative estimate of drug-likeness (QED) is 0.633. The minimum absolute atomic E-state index is 0.476. The van der Waals surface area contributed by atoms with Crippen LogP contribution in [0.25, 0.3) is 11.4 Å². The first-order valence-corrected chi connectivity index (χ1v) is 6.50. The summed E-state index contributed by atoms with van der Waals surface area (Å²) in [5.41, 5.74) is -0.476. The molecule has 0 saturated heterocycles. The molecule has 10 heteroatoms. The van der Waals surface area contributed by atoms with Gasteiger partial charge in [0.25, 0.3) is 0 Å². The highest BCUT2D eigenvalue weighted by atomic mass is 19.4. The molecule has 25 heavy (non-hydrogen) atoms. The zero-order valence-corrected chi connectivity index (χ0v) is 11.9. The van der Waals surface area contributed by atoms with E-state index in [0.29, 0.717) is 6.07 Å². The Morgan fingerprint density at radius 2 is 1.84 bits per heavy atom. The Morgan fingerprint density at radius 3 is 2.48 bits per heavy atom. The van der Waals surface area contributed by atoms with Gasteiger partial charge < -0.3 is 9.26 Å². The van der Waals surface area contributed by atoms with Crippen molar-refractivity contribution in [2.24, 2.45) is 0 Å². The standard InChI is InChI=1S/C15H5F6N2O2/c16-7-4-5-10(9(17)6-7)24-11-3-1-2-8(12(11)18)13-22-14(25-23-13)15(19,20)21/h1-2,4-6H. The van der Waals surface area contributed by atoms with E-state index in [1.54, 1.807) is 0 Å². The van der Waals surface area contributed by atoms with Gasteiger partial charge >= 0.3 is 12.1 Å². The summed E-state index contributed by atoms with van der Waals surface area (Å²) < 4.78 is 87.2. The van der Waals surface area contributed by atoms with Gasteiger partial charge in [0.1, 0.15) is 5.82 Å². The summed E-state index contributed by atoms with van der Waals surface area (Å²) in [6, 6.07) is 6.78. The van der Waals surface area contributed by atoms with Gasteiger partial charge in [-0.05, 0) is 24.3 Å². The molecular formula is C15H5F6N2O2. The minimum Gasteiger partial charge on any atom is -0.451 e. The van der Waals surface area contributed by atoms with Crippen LogP contribution < -0.4 is 4.74 Å². The lowest BCUT2D eigenvalue weighted by atomic mass is 10.2. The first-order chi connectivity index (χ1) is 11.8. The van der Waals surface area contributed by atoms with E-state index in [4.69, 9.17) is 4.74 Å². The molecular weight excluding hydrogens is 354 g/mol. The summed E-state index contributed by atoms with van der Waals surface area (Å²) in [5, 5.41) is 3.05. The van der Waals surface area contributed by atoms with Gasteiger partial charge in [-0.25, -0.2) is 13.2 Å². The monoisotopic (exact) mass is 359 g/mol. The van der Waals surface area contributed by atoms with Gasteiger partial charge in [0.05, 0.1) is 5.56 Å². The number of aromatic nitrogens is 2. The highest BCUT2D eigenvalue weighted by Gasteiger charge is 2.38. The predicted molar refractivity (Wildman–Crippen MR) is 70.0 cm³/mol. The molecule has 0 atom stereocenters. The molecule has 0 aliphatic rings. The number of halogens is 6. The molecule has 3 rings (SSSR count). The summed E-state index contributed by atoms with van der Waals surface area (Å²) in [5.74, 6) is -6.63. The number of hydrogen-bond acceptors (Lipinski definition) is 4. The molecule has 129 valence electrons. The molecule has 0 N–H and O–H groups in total. The number of rotatable bonds is 3. The van der Waals surface area contributed by atoms with Crippen molar-refractivity contribution in [1.82, 2.24) is 10.1 Å². The summed E-state index contributed by atoms with van der Waals surface area (Å²) in [4.78, 5) is 3.05. The molecule has 1 aromatic heterocycles. The molecule has 4 nitrogen and oxygen atoms in total. The molecule has 0 fully saturated rings. The molecule has 1 radical (unpaired) electrons. The number of ether oxygens (including phenoxy) is 1. The molecule has 0 bridgehead atoms.